The Hall–Kier alpha value is 0.790. The fourth-order valence-corrected chi connectivity index (χ4v) is 2.80. The Morgan fingerprint density at radius 1 is 1.21 bits per heavy atom. The SMILES string of the molecule is Br.Br.CC[C]1([Hf])C=Cc2ccccc21. The van der Waals surface area contributed by atoms with E-state index in [9.17, 15) is 0 Å². The number of halogens is 2. The second-order valence-corrected chi connectivity index (χ2v) is 6.45. The first-order valence-corrected chi connectivity index (χ1v) is 6.10. The molecular formula is C11H13Br2Hf. The third kappa shape index (κ3) is 2.48. The minimum absolute atomic E-state index is 0. The summed E-state index contributed by atoms with van der Waals surface area (Å²) in [5.41, 5.74) is 2.97. The zero-order valence-electron chi connectivity index (χ0n) is 7.99. The van der Waals surface area contributed by atoms with Gasteiger partial charge in [0.05, 0.1) is 0 Å². The van der Waals surface area contributed by atoms with Crippen molar-refractivity contribution in [3.8, 4) is 0 Å². The Balaban J connectivity index is 0.000000845. The molecule has 1 aliphatic carbocycles. The van der Waals surface area contributed by atoms with Gasteiger partial charge in [-0.2, -0.15) is 0 Å². The van der Waals surface area contributed by atoms with Gasteiger partial charge in [0.15, 0.2) is 0 Å². The van der Waals surface area contributed by atoms with E-state index < -0.39 is 0 Å². The number of rotatable bonds is 1. The zero-order chi connectivity index (χ0) is 8.60. The average Bonchev–Trinajstić information content (AvgIpc) is 2.46. The van der Waals surface area contributed by atoms with Crippen LogP contribution in [0.1, 0.15) is 24.5 Å². The van der Waals surface area contributed by atoms with Crippen LogP contribution < -0.4 is 0 Å². The van der Waals surface area contributed by atoms with Gasteiger partial charge in [0.1, 0.15) is 0 Å². The van der Waals surface area contributed by atoms with Gasteiger partial charge in [-0.05, 0) is 0 Å². The van der Waals surface area contributed by atoms with Crippen molar-refractivity contribution in [3.63, 3.8) is 0 Å². The van der Waals surface area contributed by atoms with Crippen LogP contribution in [0, 0.1) is 0 Å². The van der Waals surface area contributed by atoms with E-state index in [0.29, 0.717) is 3.17 Å². The van der Waals surface area contributed by atoms with Gasteiger partial charge in [0, 0.05) is 0 Å². The van der Waals surface area contributed by atoms with E-state index >= 15 is 0 Å². The summed E-state index contributed by atoms with van der Waals surface area (Å²) < 4.78 is 0.427. The van der Waals surface area contributed by atoms with Crippen LogP contribution in [0.5, 0.6) is 0 Å². The summed E-state index contributed by atoms with van der Waals surface area (Å²) in [6.45, 7) is 2.28. The normalized spacial score (nSPS) is 22.0. The molecule has 1 aromatic rings. The molecule has 1 aliphatic rings. The van der Waals surface area contributed by atoms with E-state index in [1.807, 2.05) is 0 Å². The number of fused-ring (bicyclic) bond motifs is 1. The second-order valence-electron chi connectivity index (χ2n) is 3.25. The van der Waals surface area contributed by atoms with Gasteiger partial charge in [-0.1, -0.05) is 0 Å². The predicted octanol–water partition coefficient (Wildman–Crippen LogP) is 4.02. The van der Waals surface area contributed by atoms with Gasteiger partial charge >= 0.3 is 88.4 Å². The first-order valence-electron chi connectivity index (χ1n) is 4.30. The monoisotopic (exact) mass is 483 g/mol. The molecule has 1 unspecified atom stereocenters. The molecule has 0 amide bonds. The summed E-state index contributed by atoms with van der Waals surface area (Å²) in [4.78, 5) is 0. The number of hydrogen-bond acceptors (Lipinski definition) is 0. The molecule has 0 aromatic heterocycles. The third-order valence-corrected chi connectivity index (χ3v) is 5.38. The molecule has 0 N–H and O–H groups in total. The van der Waals surface area contributed by atoms with E-state index in [-0.39, 0.29) is 34.0 Å². The summed E-state index contributed by atoms with van der Waals surface area (Å²) in [6.07, 6.45) is 5.89. The van der Waals surface area contributed by atoms with E-state index in [0.717, 1.165) is 0 Å². The van der Waals surface area contributed by atoms with Gasteiger partial charge in [-0.25, -0.2) is 0 Å². The van der Waals surface area contributed by atoms with Crippen molar-refractivity contribution in [3.05, 3.63) is 41.5 Å². The van der Waals surface area contributed by atoms with Crippen LogP contribution in [0.3, 0.4) is 0 Å². The van der Waals surface area contributed by atoms with Crippen molar-refractivity contribution < 1.29 is 24.4 Å². The van der Waals surface area contributed by atoms with Crippen molar-refractivity contribution in [1.29, 1.82) is 0 Å². The van der Waals surface area contributed by atoms with Gasteiger partial charge in [-0.15, -0.1) is 34.0 Å². The second kappa shape index (κ2) is 5.76. The molecule has 0 radical (unpaired) electrons. The molecule has 0 aliphatic heterocycles. The molecule has 1 atom stereocenters. The number of hydrogen-bond donors (Lipinski definition) is 0. The van der Waals surface area contributed by atoms with Gasteiger partial charge in [-0.3, -0.25) is 0 Å². The average molecular weight is 484 g/mol. The summed E-state index contributed by atoms with van der Waals surface area (Å²) in [6, 6.07) is 8.74. The first kappa shape index (κ1) is 14.8. The third-order valence-electron chi connectivity index (χ3n) is 2.55. The first-order chi connectivity index (χ1) is 5.76. The summed E-state index contributed by atoms with van der Waals surface area (Å²) >= 11 is 1.22. The Labute approximate surface area is 121 Å². The van der Waals surface area contributed by atoms with Crippen molar-refractivity contribution in [1.82, 2.24) is 0 Å². The molecule has 2 rings (SSSR count). The van der Waals surface area contributed by atoms with Gasteiger partial charge < -0.3 is 0 Å². The molecule has 1 aromatic carbocycles. The Kier molecular flexibility index (Phi) is 6.09. The van der Waals surface area contributed by atoms with Crippen LogP contribution in [0.4, 0.5) is 0 Å². The van der Waals surface area contributed by atoms with E-state index in [4.69, 9.17) is 0 Å². The maximum atomic E-state index is 2.38. The standard InChI is InChI=1S/C11H11.2BrH.Hf/c1-2-9-7-8-10-5-3-4-6-11(9)10;;;/h3-8H,2H2,1H3;2*1H;. The fourth-order valence-electron chi connectivity index (χ4n) is 1.68. The van der Waals surface area contributed by atoms with Crippen LogP contribution >= 0.6 is 34.0 Å². The molecule has 0 saturated carbocycles. The van der Waals surface area contributed by atoms with Crippen LogP contribution in [0.15, 0.2) is 30.3 Å². The predicted molar refractivity (Wildman–Crippen MR) is 68.1 cm³/mol. The molecule has 3 heteroatoms. The fraction of sp³-hybridized carbons (Fsp3) is 0.273. The molecule has 0 saturated heterocycles. The summed E-state index contributed by atoms with van der Waals surface area (Å²) in [7, 11) is 0. The van der Waals surface area contributed by atoms with Crippen LogP contribution in [0.2, 0.25) is 0 Å². The van der Waals surface area contributed by atoms with Crippen molar-refractivity contribution in [2.75, 3.05) is 0 Å². The molecule has 75 valence electrons. The summed E-state index contributed by atoms with van der Waals surface area (Å²) in [5, 5.41) is 0. The topological polar surface area (TPSA) is 0 Å². The molecule has 14 heavy (non-hydrogen) atoms. The quantitative estimate of drug-likeness (QED) is 0.530. The van der Waals surface area contributed by atoms with Gasteiger partial charge in [0.25, 0.3) is 0 Å². The van der Waals surface area contributed by atoms with E-state index in [2.05, 4.69) is 43.3 Å². The minimum atomic E-state index is 0. The number of allylic oxidation sites excluding steroid dienone is 1. The van der Waals surface area contributed by atoms with Crippen molar-refractivity contribution in [2.45, 2.75) is 16.5 Å². The van der Waals surface area contributed by atoms with E-state index in [1.54, 1.807) is 5.56 Å². The van der Waals surface area contributed by atoms with Crippen LogP contribution in [-0.4, -0.2) is 0 Å². The Morgan fingerprint density at radius 3 is 2.50 bits per heavy atom. The van der Waals surface area contributed by atoms with Crippen molar-refractivity contribution in [2.24, 2.45) is 0 Å². The Bertz CT molecular complexity index is 336. The van der Waals surface area contributed by atoms with Crippen LogP contribution in [0.25, 0.3) is 6.08 Å². The molecule has 0 spiro atoms. The van der Waals surface area contributed by atoms with Crippen molar-refractivity contribution >= 4 is 40.0 Å². The summed E-state index contributed by atoms with van der Waals surface area (Å²) in [5.74, 6) is 0. The number of benzene rings is 1. The van der Waals surface area contributed by atoms with E-state index in [1.165, 1.54) is 36.4 Å². The molecule has 0 fully saturated rings. The molecule has 0 heterocycles. The maximum absolute atomic E-state index is 2.38. The molecule has 0 nitrogen and oxygen atoms in total. The van der Waals surface area contributed by atoms with Crippen LogP contribution in [-0.2, 0) is 27.5 Å². The Morgan fingerprint density at radius 2 is 1.86 bits per heavy atom. The zero-order valence-corrected chi connectivity index (χ0v) is 15.0. The molecule has 0 bridgehead atoms. The molecular weight excluding hydrogens is 470 g/mol. The van der Waals surface area contributed by atoms with Gasteiger partial charge in [0.2, 0.25) is 0 Å².